The van der Waals surface area contributed by atoms with Gasteiger partial charge in [0.1, 0.15) is 5.75 Å². The summed E-state index contributed by atoms with van der Waals surface area (Å²) in [6.07, 6.45) is 1.64. The third-order valence-electron chi connectivity index (χ3n) is 2.51. The standard InChI is InChI=1S/C15H14ClN3O2/c16-13-8-11(6-7-14(13)21-10-15(17)20)9-18-19-12-4-2-1-3-5-12/h1-9,19H,10H2,(H2,17,20). The molecule has 0 aliphatic carbocycles. The second-order valence-corrected chi connectivity index (χ2v) is 4.59. The van der Waals surface area contributed by atoms with Crippen molar-refractivity contribution in [1.29, 1.82) is 0 Å². The van der Waals surface area contributed by atoms with Crippen molar-refractivity contribution in [2.45, 2.75) is 0 Å². The number of hydrazone groups is 1. The van der Waals surface area contributed by atoms with E-state index in [1.54, 1.807) is 24.4 Å². The van der Waals surface area contributed by atoms with E-state index in [9.17, 15) is 4.79 Å². The number of nitrogens with one attached hydrogen (secondary N) is 1. The number of ether oxygens (including phenoxy) is 1. The lowest BCUT2D eigenvalue weighted by atomic mass is 10.2. The van der Waals surface area contributed by atoms with Crippen LogP contribution in [0.15, 0.2) is 53.6 Å². The highest BCUT2D eigenvalue weighted by atomic mass is 35.5. The number of anilines is 1. The SMILES string of the molecule is NC(=O)COc1ccc(C=NNc2ccccc2)cc1Cl. The molecule has 0 radical (unpaired) electrons. The summed E-state index contributed by atoms with van der Waals surface area (Å²) in [7, 11) is 0. The Labute approximate surface area is 127 Å². The Morgan fingerprint density at radius 2 is 2.05 bits per heavy atom. The maximum Gasteiger partial charge on any atom is 0.255 e. The van der Waals surface area contributed by atoms with Crippen LogP contribution >= 0.6 is 11.6 Å². The Kier molecular flexibility index (Phi) is 5.17. The van der Waals surface area contributed by atoms with Crippen molar-refractivity contribution in [3.63, 3.8) is 0 Å². The number of para-hydroxylation sites is 1. The first kappa shape index (κ1) is 14.9. The molecular weight excluding hydrogens is 290 g/mol. The van der Waals surface area contributed by atoms with Crippen LogP contribution < -0.4 is 15.9 Å². The van der Waals surface area contributed by atoms with Gasteiger partial charge in [-0.1, -0.05) is 29.8 Å². The predicted molar refractivity (Wildman–Crippen MR) is 83.8 cm³/mol. The van der Waals surface area contributed by atoms with Gasteiger partial charge in [-0.3, -0.25) is 10.2 Å². The summed E-state index contributed by atoms with van der Waals surface area (Å²) in [4.78, 5) is 10.7. The zero-order valence-electron chi connectivity index (χ0n) is 11.1. The normalized spacial score (nSPS) is 10.5. The summed E-state index contributed by atoms with van der Waals surface area (Å²) in [5.41, 5.74) is 9.60. The number of nitrogens with zero attached hydrogens (tertiary/aromatic N) is 1. The van der Waals surface area contributed by atoms with Crippen molar-refractivity contribution in [2.24, 2.45) is 10.8 Å². The van der Waals surface area contributed by atoms with E-state index >= 15 is 0 Å². The van der Waals surface area contributed by atoms with Gasteiger partial charge in [-0.25, -0.2) is 0 Å². The quantitative estimate of drug-likeness (QED) is 0.636. The highest BCUT2D eigenvalue weighted by molar-refractivity contribution is 6.32. The number of benzene rings is 2. The fraction of sp³-hybridized carbons (Fsp3) is 0.0667. The zero-order valence-corrected chi connectivity index (χ0v) is 11.9. The van der Waals surface area contributed by atoms with Gasteiger partial charge in [-0.05, 0) is 35.9 Å². The minimum Gasteiger partial charge on any atom is -0.482 e. The van der Waals surface area contributed by atoms with Gasteiger partial charge in [0.25, 0.3) is 5.91 Å². The Balaban J connectivity index is 1.98. The number of hydrogen-bond donors (Lipinski definition) is 2. The number of carbonyl (C=O) groups excluding carboxylic acids is 1. The van der Waals surface area contributed by atoms with Crippen molar-refractivity contribution < 1.29 is 9.53 Å². The van der Waals surface area contributed by atoms with Gasteiger partial charge < -0.3 is 10.5 Å². The molecule has 108 valence electrons. The van der Waals surface area contributed by atoms with Gasteiger partial charge in [-0.15, -0.1) is 0 Å². The molecule has 0 saturated carbocycles. The molecule has 3 N–H and O–H groups in total. The highest BCUT2D eigenvalue weighted by Gasteiger charge is 2.03. The van der Waals surface area contributed by atoms with E-state index in [1.165, 1.54) is 0 Å². The first-order chi connectivity index (χ1) is 10.1. The molecule has 21 heavy (non-hydrogen) atoms. The summed E-state index contributed by atoms with van der Waals surface area (Å²) in [5, 5.41) is 4.50. The van der Waals surface area contributed by atoms with Crippen LogP contribution in [0, 0.1) is 0 Å². The molecule has 0 aliphatic heterocycles. The van der Waals surface area contributed by atoms with E-state index in [0.717, 1.165) is 11.3 Å². The summed E-state index contributed by atoms with van der Waals surface area (Å²) in [6, 6.07) is 14.7. The second kappa shape index (κ2) is 7.31. The van der Waals surface area contributed by atoms with Crippen molar-refractivity contribution in [1.82, 2.24) is 0 Å². The Bertz CT molecular complexity index is 645. The Morgan fingerprint density at radius 1 is 1.29 bits per heavy atom. The molecule has 2 aromatic carbocycles. The van der Waals surface area contributed by atoms with Crippen LogP contribution in [0.25, 0.3) is 0 Å². The number of rotatable bonds is 6. The molecule has 0 aromatic heterocycles. The van der Waals surface area contributed by atoms with E-state index in [4.69, 9.17) is 22.1 Å². The van der Waals surface area contributed by atoms with Crippen molar-refractivity contribution in [3.05, 3.63) is 59.1 Å². The summed E-state index contributed by atoms with van der Waals surface area (Å²) >= 11 is 6.05. The molecule has 0 unspecified atom stereocenters. The molecule has 2 aromatic rings. The fourth-order valence-electron chi connectivity index (χ4n) is 1.56. The number of amides is 1. The monoisotopic (exact) mass is 303 g/mol. The third kappa shape index (κ3) is 4.81. The molecule has 6 heteroatoms. The molecule has 0 bridgehead atoms. The van der Waals surface area contributed by atoms with Crippen molar-refractivity contribution >= 4 is 29.4 Å². The number of primary amides is 1. The van der Waals surface area contributed by atoms with E-state index in [0.29, 0.717) is 10.8 Å². The molecule has 2 rings (SSSR count). The first-order valence-corrected chi connectivity index (χ1v) is 6.58. The average Bonchev–Trinajstić information content (AvgIpc) is 2.47. The molecule has 0 saturated heterocycles. The Morgan fingerprint density at radius 3 is 2.71 bits per heavy atom. The summed E-state index contributed by atoms with van der Waals surface area (Å²) < 4.78 is 5.16. The number of hydrogen-bond acceptors (Lipinski definition) is 4. The van der Waals surface area contributed by atoms with Crippen LogP contribution in [0.5, 0.6) is 5.75 Å². The maximum atomic E-state index is 10.7. The molecule has 0 aliphatic rings. The zero-order chi connectivity index (χ0) is 15.1. The van der Waals surface area contributed by atoms with Crippen LogP contribution in [-0.4, -0.2) is 18.7 Å². The number of carbonyl (C=O) groups is 1. The van der Waals surface area contributed by atoms with E-state index in [2.05, 4.69) is 10.5 Å². The third-order valence-corrected chi connectivity index (χ3v) is 2.80. The van der Waals surface area contributed by atoms with Gasteiger partial charge in [0, 0.05) is 0 Å². The average molecular weight is 304 g/mol. The predicted octanol–water partition coefficient (Wildman–Crippen LogP) is 2.65. The van der Waals surface area contributed by atoms with Crippen LogP contribution in [0.4, 0.5) is 5.69 Å². The van der Waals surface area contributed by atoms with Gasteiger partial charge in [0.05, 0.1) is 16.9 Å². The van der Waals surface area contributed by atoms with Crippen LogP contribution in [0.2, 0.25) is 5.02 Å². The molecule has 0 spiro atoms. The number of halogens is 1. The first-order valence-electron chi connectivity index (χ1n) is 6.20. The lowest BCUT2D eigenvalue weighted by molar-refractivity contribution is -0.119. The van der Waals surface area contributed by atoms with Crippen LogP contribution in [0.3, 0.4) is 0 Å². The summed E-state index contributed by atoms with van der Waals surface area (Å²) in [5.74, 6) is -0.146. The van der Waals surface area contributed by atoms with Crippen LogP contribution in [-0.2, 0) is 4.79 Å². The molecular formula is C15H14ClN3O2. The van der Waals surface area contributed by atoms with Gasteiger partial charge in [-0.2, -0.15) is 5.10 Å². The topological polar surface area (TPSA) is 76.7 Å². The molecule has 5 nitrogen and oxygen atoms in total. The molecule has 0 atom stereocenters. The van der Waals surface area contributed by atoms with Gasteiger partial charge >= 0.3 is 0 Å². The van der Waals surface area contributed by atoms with Crippen LogP contribution in [0.1, 0.15) is 5.56 Å². The fourth-order valence-corrected chi connectivity index (χ4v) is 1.80. The maximum absolute atomic E-state index is 10.7. The van der Waals surface area contributed by atoms with Gasteiger partial charge in [0.15, 0.2) is 6.61 Å². The Hall–Kier alpha value is -2.53. The summed E-state index contributed by atoms with van der Waals surface area (Å²) in [6.45, 7) is -0.206. The lowest BCUT2D eigenvalue weighted by Crippen LogP contribution is -2.20. The minimum atomic E-state index is -0.552. The van der Waals surface area contributed by atoms with Gasteiger partial charge in [0.2, 0.25) is 0 Å². The molecule has 0 fully saturated rings. The lowest BCUT2D eigenvalue weighted by Gasteiger charge is -2.06. The number of nitrogens with two attached hydrogens (primary N) is 1. The molecule has 0 heterocycles. The minimum absolute atomic E-state index is 0.206. The van der Waals surface area contributed by atoms with E-state index < -0.39 is 5.91 Å². The van der Waals surface area contributed by atoms with Crippen molar-refractivity contribution in [2.75, 3.05) is 12.0 Å². The largest absolute Gasteiger partial charge is 0.482 e. The van der Waals surface area contributed by atoms with E-state index in [-0.39, 0.29) is 6.61 Å². The highest BCUT2D eigenvalue weighted by Crippen LogP contribution is 2.24. The second-order valence-electron chi connectivity index (χ2n) is 4.18. The van der Waals surface area contributed by atoms with Crippen molar-refractivity contribution in [3.8, 4) is 5.75 Å². The van der Waals surface area contributed by atoms with E-state index in [1.807, 2.05) is 30.3 Å². The smallest absolute Gasteiger partial charge is 0.255 e. The molecule has 1 amide bonds.